The van der Waals surface area contributed by atoms with Gasteiger partial charge in [0.05, 0.1) is 0 Å². The Morgan fingerprint density at radius 3 is 0.264 bits per heavy atom. The van der Waals surface area contributed by atoms with E-state index >= 15 is 0 Å². The van der Waals surface area contributed by atoms with Crippen LogP contribution in [0.3, 0.4) is 0 Å². The second kappa shape index (κ2) is 98.2. The van der Waals surface area contributed by atoms with Crippen LogP contribution < -0.4 is 22.9 Å². The Bertz CT molecular complexity index is 577. The summed E-state index contributed by atoms with van der Waals surface area (Å²) < 4.78 is 0. The van der Waals surface area contributed by atoms with Crippen molar-refractivity contribution in [1.29, 1.82) is 0 Å². The molecule has 0 aromatic heterocycles. The van der Waals surface area contributed by atoms with E-state index in [-0.39, 0.29) is 67.9 Å². The van der Waals surface area contributed by atoms with Crippen molar-refractivity contribution in [2.45, 2.75) is 387 Å². The maximum Gasteiger partial charge on any atom is -0.00773 e. The monoisotopic (exact) mass is 1280 g/mol. The molecule has 0 amide bonds. The molecule has 8 N–H and O–H groups in total. The van der Waals surface area contributed by atoms with Gasteiger partial charge in [-0.15, -0.1) is 67.9 Å². The quantitative estimate of drug-likeness (QED) is 0.0456. The molecule has 0 aromatic carbocycles. The van der Waals surface area contributed by atoms with E-state index in [1.54, 1.807) is 0 Å². The van der Waals surface area contributed by atoms with Crippen LogP contribution in [0.4, 0.5) is 0 Å². The van der Waals surface area contributed by atoms with Crippen LogP contribution in [0, 0.1) is 0 Å². The fraction of sp³-hybridized carbons (Fsp3) is 1.00. The highest BCUT2D eigenvalue weighted by molar-refractivity contribution is 8.93. The van der Waals surface area contributed by atoms with Gasteiger partial charge >= 0.3 is 0 Å². The zero-order valence-corrected chi connectivity index (χ0v) is 57.2. The van der Waals surface area contributed by atoms with Crippen LogP contribution in [0.2, 0.25) is 0 Å². The minimum Gasteiger partial charge on any atom is -0.330 e. The minimum absolute atomic E-state index is 0. The molecule has 0 aliphatic heterocycles. The van der Waals surface area contributed by atoms with Crippen molar-refractivity contribution in [2.24, 2.45) is 22.9 Å². The highest BCUT2D eigenvalue weighted by atomic mass is 79.9. The standard InChI is InChI=1S/4C16H35N.4BrH/c4*1-2-3-4-5-6-7-8-9-10-11-12-13-14-15-16-17;;;;/h4*2-17H2,1H3;4*1H. The number of hydrogen-bond donors (Lipinski definition) is 4. The molecule has 8 heteroatoms. The van der Waals surface area contributed by atoms with Gasteiger partial charge in [0.1, 0.15) is 0 Å². The van der Waals surface area contributed by atoms with E-state index in [9.17, 15) is 0 Å². The molecule has 448 valence electrons. The lowest BCUT2D eigenvalue weighted by atomic mass is 10.0. The largest absolute Gasteiger partial charge is 0.330 e. The van der Waals surface area contributed by atoms with Crippen molar-refractivity contribution in [1.82, 2.24) is 0 Å². The highest BCUT2D eigenvalue weighted by Gasteiger charge is 1.97. The minimum atomic E-state index is 0. The van der Waals surface area contributed by atoms with Crippen LogP contribution in [-0.2, 0) is 0 Å². The fourth-order valence-corrected chi connectivity index (χ4v) is 9.36. The topological polar surface area (TPSA) is 104 Å². The third kappa shape index (κ3) is 108. The number of hydrogen-bond acceptors (Lipinski definition) is 4. The van der Waals surface area contributed by atoms with E-state index in [0.717, 1.165) is 26.2 Å². The first-order chi connectivity index (χ1) is 33.7. The number of rotatable bonds is 56. The smallest absolute Gasteiger partial charge is 0.00773 e. The Balaban J connectivity index is -0.000000124. The molecule has 0 heterocycles. The summed E-state index contributed by atoms with van der Waals surface area (Å²) in [7, 11) is 0. The second-order valence-electron chi connectivity index (χ2n) is 21.5. The average Bonchev–Trinajstić information content (AvgIpc) is 3.35. The molecule has 0 saturated heterocycles. The van der Waals surface area contributed by atoms with Crippen molar-refractivity contribution < 1.29 is 0 Å². The molecular weight excluding hydrogens is 1140 g/mol. The maximum atomic E-state index is 5.47. The normalized spacial score (nSPS) is 10.3. The summed E-state index contributed by atoms with van der Waals surface area (Å²) in [6.07, 6.45) is 79.5. The zero-order chi connectivity index (χ0) is 50.4. The number of unbranched alkanes of at least 4 members (excludes halogenated alkanes) is 52. The van der Waals surface area contributed by atoms with E-state index in [1.165, 1.54) is 360 Å². The van der Waals surface area contributed by atoms with Crippen LogP contribution in [0.1, 0.15) is 387 Å². The Hall–Kier alpha value is 1.76. The summed E-state index contributed by atoms with van der Waals surface area (Å²) in [5.74, 6) is 0. The summed E-state index contributed by atoms with van der Waals surface area (Å²) >= 11 is 0. The molecule has 0 spiro atoms. The van der Waals surface area contributed by atoms with Crippen LogP contribution in [0.15, 0.2) is 0 Å². The van der Waals surface area contributed by atoms with Gasteiger partial charge in [0.25, 0.3) is 0 Å². The van der Waals surface area contributed by atoms with Gasteiger partial charge in [0.15, 0.2) is 0 Å². The third-order valence-electron chi connectivity index (χ3n) is 14.2. The van der Waals surface area contributed by atoms with Gasteiger partial charge in [0, 0.05) is 0 Å². The lowest BCUT2D eigenvalue weighted by Crippen LogP contribution is -1.97. The van der Waals surface area contributed by atoms with E-state index in [1.807, 2.05) is 0 Å². The molecule has 0 atom stereocenters. The average molecular weight is 1290 g/mol. The molecule has 0 bridgehead atoms. The van der Waals surface area contributed by atoms with Crippen molar-refractivity contribution in [2.75, 3.05) is 26.2 Å². The Kier molecular flexibility index (Phi) is 123. The first-order valence-electron chi connectivity index (χ1n) is 32.5. The molecule has 0 aromatic rings. The summed E-state index contributed by atoms with van der Waals surface area (Å²) in [6, 6.07) is 0. The lowest BCUT2D eigenvalue weighted by Gasteiger charge is -2.02. The van der Waals surface area contributed by atoms with E-state index < -0.39 is 0 Å². The van der Waals surface area contributed by atoms with Crippen LogP contribution in [0.5, 0.6) is 0 Å². The van der Waals surface area contributed by atoms with Crippen molar-refractivity contribution in [3.63, 3.8) is 0 Å². The number of halogens is 4. The third-order valence-corrected chi connectivity index (χ3v) is 14.2. The lowest BCUT2D eigenvalue weighted by molar-refractivity contribution is 0.536. The fourth-order valence-electron chi connectivity index (χ4n) is 9.36. The van der Waals surface area contributed by atoms with Gasteiger partial charge in [0.2, 0.25) is 0 Å². The molecule has 0 radical (unpaired) electrons. The molecule has 0 aliphatic carbocycles. The predicted molar refractivity (Wildman–Crippen MR) is 359 cm³/mol. The molecular formula is C64H144Br4N4. The van der Waals surface area contributed by atoms with Crippen molar-refractivity contribution >= 4 is 67.9 Å². The summed E-state index contributed by atoms with van der Waals surface area (Å²) in [6.45, 7) is 12.6. The van der Waals surface area contributed by atoms with E-state index in [4.69, 9.17) is 22.9 Å². The molecule has 0 unspecified atom stereocenters. The first-order valence-corrected chi connectivity index (χ1v) is 32.5. The van der Waals surface area contributed by atoms with Crippen LogP contribution in [0.25, 0.3) is 0 Å². The van der Waals surface area contributed by atoms with Gasteiger partial charge in [-0.05, 0) is 51.9 Å². The molecule has 0 fully saturated rings. The van der Waals surface area contributed by atoms with E-state index in [2.05, 4.69) is 27.7 Å². The molecule has 0 rings (SSSR count). The summed E-state index contributed by atoms with van der Waals surface area (Å²) in [4.78, 5) is 0. The molecule has 72 heavy (non-hydrogen) atoms. The van der Waals surface area contributed by atoms with Gasteiger partial charge in [-0.1, -0.05) is 362 Å². The molecule has 0 aliphatic rings. The maximum absolute atomic E-state index is 5.47. The SMILES string of the molecule is Br.Br.Br.Br.CCCCCCCCCCCCCCCCN.CCCCCCCCCCCCCCCCN.CCCCCCCCCCCCCCCCN.CCCCCCCCCCCCCCCCN. The Morgan fingerprint density at radius 1 is 0.125 bits per heavy atom. The zero-order valence-electron chi connectivity index (χ0n) is 50.4. The number of nitrogens with two attached hydrogens (primary N) is 4. The van der Waals surface area contributed by atoms with Gasteiger partial charge in [-0.3, -0.25) is 0 Å². The van der Waals surface area contributed by atoms with Crippen molar-refractivity contribution in [3.05, 3.63) is 0 Å². The van der Waals surface area contributed by atoms with Crippen LogP contribution in [-0.4, -0.2) is 26.2 Å². The van der Waals surface area contributed by atoms with Crippen LogP contribution >= 0.6 is 67.9 Å². The first kappa shape index (κ1) is 90.3. The Morgan fingerprint density at radius 2 is 0.194 bits per heavy atom. The van der Waals surface area contributed by atoms with Crippen molar-refractivity contribution in [3.8, 4) is 0 Å². The van der Waals surface area contributed by atoms with E-state index in [0.29, 0.717) is 0 Å². The molecule has 0 saturated carbocycles. The van der Waals surface area contributed by atoms with Gasteiger partial charge in [-0.25, -0.2) is 0 Å². The van der Waals surface area contributed by atoms with Gasteiger partial charge in [-0.2, -0.15) is 0 Å². The highest BCUT2D eigenvalue weighted by Crippen LogP contribution is 2.16. The van der Waals surface area contributed by atoms with Gasteiger partial charge < -0.3 is 22.9 Å². The predicted octanol–water partition coefficient (Wildman–Crippen LogP) is 24.0. The Labute approximate surface area is 500 Å². The molecule has 4 nitrogen and oxygen atoms in total. The summed E-state index contributed by atoms with van der Waals surface area (Å²) in [5.41, 5.74) is 21.9. The second-order valence-corrected chi connectivity index (χ2v) is 21.5. The summed E-state index contributed by atoms with van der Waals surface area (Å²) in [5, 5.41) is 0.